The van der Waals surface area contributed by atoms with E-state index in [0.29, 0.717) is 33.3 Å². The predicted molar refractivity (Wildman–Crippen MR) is 106 cm³/mol. The Balaban J connectivity index is 1.76. The summed E-state index contributed by atoms with van der Waals surface area (Å²) in [6.07, 6.45) is 0. The molecule has 0 fully saturated rings. The summed E-state index contributed by atoms with van der Waals surface area (Å²) in [6.45, 7) is 0. The van der Waals surface area contributed by atoms with Crippen LogP contribution >= 0.6 is 0 Å². The Hall–Kier alpha value is -4.67. The molecule has 0 saturated heterocycles. The van der Waals surface area contributed by atoms with Crippen molar-refractivity contribution in [2.24, 2.45) is 16.0 Å². The molecule has 1 aliphatic heterocycles. The number of H-pyrrole nitrogens is 2. The van der Waals surface area contributed by atoms with Gasteiger partial charge in [0.25, 0.3) is 0 Å². The summed E-state index contributed by atoms with van der Waals surface area (Å²) in [5.41, 5.74) is 7.36. The van der Waals surface area contributed by atoms with Gasteiger partial charge in [-0.2, -0.15) is 0 Å². The van der Waals surface area contributed by atoms with Crippen LogP contribution in [0.5, 0.6) is 11.5 Å². The highest BCUT2D eigenvalue weighted by Gasteiger charge is 2.26. The number of benzene rings is 2. The first-order valence-electron chi connectivity index (χ1n) is 8.56. The van der Waals surface area contributed by atoms with Gasteiger partial charge >= 0.3 is 17.8 Å². The highest BCUT2D eigenvalue weighted by molar-refractivity contribution is 6.34. The van der Waals surface area contributed by atoms with Crippen LogP contribution in [0.3, 0.4) is 0 Å². The summed E-state index contributed by atoms with van der Waals surface area (Å²) in [7, 11) is 0. The Morgan fingerprint density at radius 3 is 2.33 bits per heavy atom. The zero-order valence-electron chi connectivity index (χ0n) is 15.1. The molecule has 4 amide bonds. The molecule has 2 aromatic rings. The van der Waals surface area contributed by atoms with Crippen molar-refractivity contribution in [1.29, 1.82) is 0 Å². The lowest BCUT2D eigenvalue weighted by Gasteiger charge is -2.04. The molecule has 2 aliphatic rings. The number of nitrogens with zero attached hydrogens (tertiary/aromatic N) is 2. The van der Waals surface area contributed by atoms with Gasteiger partial charge < -0.3 is 21.3 Å². The summed E-state index contributed by atoms with van der Waals surface area (Å²) in [5, 5.41) is 35.8. The molecular formula is C19H14N6O5. The smallest absolute Gasteiger partial charge is 0.364 e. The van der Waals surface area contributed by atoms with Gasteiger partial charge in [0.05, 0.1) is 28.0 Å². The van der Waals surface area contributed by atoms with Gasteiger partial charge in [0.15, 0.2) is 0 Å². The molecule has 1 aliphatic carbocycles. The lowest BCUT2D eigenvalue weighted by atomic mass is 10.1. The number of urea groups is 1. The van der Waals surface area contributed by atoms with Gasteiger partial charge in [-0.05, 0) is 30.3 Å². The fourth-order valence-electron chi connectivity index (χ4n) is 3.18. The maximum atomic E-state index is 12.0. The highest BCUT2D eigenvalue weighted by atomic mass is 16.3. The van der Waals surface area contributed by atoms with Gasteiger partial charge in [0.2, 0.25) is 0 Å². The van der Waals surface area contributed by atoms with Crippen molar-refractivity contribution in [2.75, 3.05) is 5.32 Å². The fraction of sp³-hybridized carbons (Fsp3) is 0. The number of hydrogen-bond acceptors (Lipinski definition) is 5. The quantitative estimate of drug-likeness (QED) is 0.220. The second kappa shape index (κ2) is 7.05. The summed E-state index contributed by atoms with van der Waals surface area (Å²) in [5.74, 6) is -2.69. The molecule has 150 valence electrons. The van der Waals surface area contributed by atoms with Crippen molar-refractivity contribution in [3.8, 4) is 34.0 Å². The van der Waals surface area contributed by atoms with Crippen LogP contribution in [0.15, 0.2) is 52.7 Å². The number of primary amides is 1. The maximum Gasteiger partial charge on any atom is 0.364 e. The Bertz CT molecular complexity index is 1300. The topological polar surface area (TPSA) is 186 Å². The Labute approximate surface area is 167 Å². The van der Waals surface area contributed by atoms with Gasteiger partial charge in [-0.1, -0.05) is 22.4 Å². The van der Waals surface area contributed by atoms with Crippen LogP contribution in [-0.2, 0) is 9.59 Å². The minimum absolute atomic E-state index is 0.0957. The first-order chi connectivity index (χ1) is 14.4. The van der Waals surface area contributed by atoms with Crippen LogP contribution in [0.2, 0.25) is 0 Å². The Morgan fingerprint density at radius 2 is 1.63 bits per heavy atom. The van der Waals surface area contributed by atoms with Gasteiger partial charge in [0, 0.05) is 10.9 Å². The number of aromatic nitrogens is 2. The predicted octanol–water partition coefficient (Wildman–Crippen LogP) is 2.68. The van der Waals surface area contributed by atoms with E-state index in [2.05, 4.69) is 25.7 Å². The first-order valence-corrected chi connectivity index (χ1v) is 8.56. The summed E-state index contributed by atoms with van der Waals surface area (Å²) in [4.78, 5) is 33.7. The Morgan fingerprint density at radius 1 is 0.933 bits per heavy atom. The number of hydrogen-bond donors (Lipinski definition) is 6. The number of nitrogens with two attached hydrogens (primary N) is 1. The molecule has 7 N–H and O–H groups in total. The SMILES string of the molecule is NC(=O)C(=O)N=NC(=O)Nc1cccc2c3[nH][nH]c(-c4ccc(O)cc4)c-3c(O)c12. The summed E-state index contributed by atoms with van der Waals surface area (Å²) >= 11 is 0. The average Bonchev–Trinajstić information content (AvgIpc) is 3.27. The largest absolute Gasteiger partial charge is 0.508 e. The zero-order valence-corrected chi connectivity index (χ0v) is 15.1. The standard InChI is InChI=1S/C19H14N6O5/c20-17(28)18(29)24-25-19(30)21-11-3-1-2-10-12(11)16(27)13-14(22-23-15(10)13)8-4-6-9(26)7-5-8/h1-7,22-23,26-27H,(H2,20,28)(H,21,30). The van der Waals surface area contributed by atoms with Crippen LogP contribution < -0.4 is 11.1 Å². The van der Waals surface area contributed by atoms with Gasteiger partial charge in [-0.15, -0.1) is 0 Å². The minimum atomic E-state index is -1.36. The molecule has 30 heavy (non-hydrogen) atoms. The number of amides is 4. The molecule has 0 unspecified atom stereocenters. The van der Waals surface area contributed by atoms with Gasteiger partial charge in [0.1, 0.15) is 11.5 Å². The molecule has 1 heterocycles. The second-order valence-electron chi connectivity index (χ2n) is 6.30. The van der Waals surface area contributed by atoms with E-state index < -0.39 is 17.8 Å². The second-order valence-corrected chi connectivity index (χ2v) is 6.30. The lowest BCUT2D eigenvalue weighted by Crippen LogP contribution is -2.21. The third-order valence-corrected chi connectivity index (χ3v) is 4.46. The van der Waals surface area contributed by atoms with E-state index in [0.717, 1.165) is 0 Å². The molecule has 0 bridgehead atoms. The number of aromatic amines is 2. The molecule has 0 spiro atoms. The van der Waals surface area contributed by atoms with Gasteiger partial charge in [-0.3, -0.25) is 19.8 Å². The van der Waals surface area contributed by atoms with E-state index in [1.807, 2.05) is 0 Å². The zero-order chi connectivity index (χ0) is 21.4. The third-order valence-electron chi connectivity index (χ3n) is 4.46. The minimum Gasteiger partial charge on any atom is -0.508 e. The van der Waals surface area contributed by atoms with E-state index in [9.17, 15) is 24.6 Å². The van der Waals surface area contributed by atoms with E-state index in [1.54, 1.807) is 24.3 Å². The van der Waals surface area contributed by atoms with Crippen molar-refractivity contribution < 1.29 is 24.6 Å². The van der Waals surface area contributed by atoms with Crippen LogP contribution in [0.25, 0.3) is 33.3 Å². The number of anilines is 1. The summed E-state index contributed by atoms with van der Waals surface area (Å²) in [6, 6.07) is 10.3. The van der Waals surface area contributed by atoms with Crippen LogP contribution in [0, 0.1) is 0 Å². The lowest BCUT2D eigenvalue weighted by molar-refractivity contribution is -0.135. The van der Waals surface area contributed by atoms with Crippen molar-refractivity contribution in [1.82, 2.24) is 10.2 Å². The number of phenolic OH excluding ortho intramolecular Hbond substituents is 1. The van der Waals surface area contributed by atoms with Crippen molar-refractivity contribution in [3.05, 3.63) is 42.5 Å². The van der Waals surface area contributed by atoms with Crippen molar-refractivity contribution >= 4 is 34.3 Å². The maximum absolute atomic E-state index is 12.0. The number of fused-ring (bicyclic) bond motifs is 3. The number of carbonyl (C=O) groups excluding carboxylic acids is 3. The number of nitrogens with one attached hydrogen (secondary N) is 3. The van der Waals surface area contributed by atoms with Crippen molar-refractivity contribution in [3.63, 3.8) is 0 Å². The van der Waals surface area contributed by atoms with Gasteiger partial charge in [-0.25, -0.2) is 4.79 Å². The number of rotatable bonds is 2. The number of azo groups is 1. The first kappa shape index (κ1) is 18.7. The average molecular weight is 406 g/mol. The third kappa shape index (κ3) is 3.09. The molecule has 0 radical (unpaired) electrons. The van der Waals surface area contributed by atoms with E-state index in [-0.39, 0.29) is 17.2 Å². The molecule has 0 atom stereocenters. The summed E-state index contributed by atoms with van der Waals surface area (Å²) < 4.78 is 0. The van der Waals surface area contributed by atoms with Crippen LogP contribution in [0.4, 0.5) is 10.5 Å². The normalized spacial score (nSPS) is 11.3. The van der Waals surface area contributed by atoms with Crippen LogP contribution in [-0.4, -0.2) is 38.3 Å². The molecule has 0 aromatic heterocycles. The van der Waals surface area contributed by atoms with E-state index in [4.69, 9.17) is 5.73 Å². The number of phenols is 1. The van der Waals surface area contributed by atoms with Crippen LogP contribution in [0.1, 0.15) is 0 Å². The highest BCUT2D eigenvalue weighted by Crippen LogP contribution is 2.49. The molecule has 0 saturated carbocycles. The molecule has 4 rings (SSSR count). The van der Waals surface area contributed by atoms with Crippen molar-refractivity contribution in [2.45, 2.75) is 0 Å². The van der Waals surface area contributed by atoms with E-state index in [1.165, 1.54) is 18.2 Å². The number of aromatic hydroxyl groups is 2. The molecule has 11 nitrogen and oxygen atoms in total. The molecule has 11 heteroatoms. The molecular weight excluding hydrogens is 392 g/mol. The molecule has 2 aromatic carbocycles. The Kier molecular flexibility index (Phi) is 4.39. The monoisotopic (exact) mass is 406 g/mol. The number of carbonyl (C=O) groups is 3. The fourth-order valence-corrected chi connectivity index (χ4v) is 3.18. The van der Waals surface area contributed by atoms with E-state index >= 15 is 0 Å².